The number of amides is 1. The van der Waals surface area contributed by atoms with Gasteiger partial charge in [-0.25, -0.2) is 14.3 Å². The number of aromatic nitrogens is 3. The summed E-state index contributed by atoms with van der Waals surface area (Å²) in [5.74, 6) is 0.706. The predicted octanol–water partition coefficient (Wildman–Crippen LogP) is 8.51. The Morgan fingerprint density at radius 1 is 0.796 bits per heavy atom. The van der Waals surface area contributed by atoms with E-state index in [1.165, 1.54) is 0 Å². The van der Waals surface area contributed by atoms with Gasteiger partial charge in [0, 0.05) is 24.6 Å². The molecule has 0 aliphatic rings. The Kier molecular flexibility index (Phi) is 10.1. The predicted molar refractivity (Wildman–Crippen MR) is 192 cm³/mol. The van der Waals surface area contributed by atoms with Crippen molar-refractivity contribution in [1.29, 1.82) is 0 Å². The summed E-state index contributed by atoms with van der Waals surface area (Å²) in [4.78, 5) is 16.7. The second-order valence-electron chi connectivity index (χ2n) is 12.9. The number of hydrogen-bond acceptors (Lipinski definition) is 6. The van der Waals surface area contributed by atoms with E-state index in [1.54, 1.807) is 10.8 Å². The fourth-order valence-electron chi connectivity index (χ4n) is 5.97. The number of alkyl carbamates (subject to hydrolysis) is 1. The van der Waals surface area contributed by atoms with Crippen LogP contribution >= 0.6 is 0 Å². The van der Waals surface area contributed by atoms with Gasteiger partial charge in [0.25, 0.3) is 0 Å². The van der Waals surface area contributed by atoms with Crippen molar-refractivity contribution in [2.24, 2.45) is 0 Å². The Hall–Kier alpha value is -5.47. The van der Waals surface area contributed by atoms with Gasteiger partial charge in [0.1, 0.15) is 23.3 Å². The van der Waals surface area contributed by atoms with Gasteiger partial charge in [-0.15, -0.1) is 0 Å². The minimum Gasteiger partial charge on any atom is -0.492 e. The lowest BCUT2D eigenvalue weighted by Crippen LogP contribution is -2.33. The molecule has 1 amide bonds. The van der Waals surface area contributed by atoms with E-state index >= 15 is 0 Å². The van der Waals surface area contributed by atoms with Crippen LogP contribution in [0, 0.1) is 6.92 Å². The molecule has 0 saturated heterocycles. The average molecular weight is 655 g/mol. The first-order valence-electron chi connectivity index (χ1n) is 16.6. The van der Waals surface area contributed by atoms with Crippen LogP contribution < -0.4 is 10.1 Å². The van der Waals surface area contributed by atoms with Crippen LogP contribution in [0.4, 0.5) is 4.79 Å². The van der Waals surface area contributed by atoms with E-state index in [0.29, 0.717) is 31.9 Å². The molecule has 0 aliphatic carbocycles. The van der Waals surface area contributed by atoms with Gasteiger partial charge >= 0.3 is 6.09 Å². The summed E-state index contributed by atoms with van der Waals surface area (Å²) < 4.78 is 20.3. The van der Waals surface area contributed by atoms with Crippen molar-refractivity contribution in [3.63, 3.8) is 0 Å². The molecule has 0 spiro atoms. The molecule has 0 radical (unpaired) electrons. The quantitative estimate of drug-likeness (QED) is 0.105. The lowest BCUT2D eigenvalue weighted by Gasteiger charge is -2.36. The number of fused-ring (bicyclic) bond motifs is 1. The van der Waals surface area contributed by atoms with Gasteiger partial charge < -0.3 is 19.5 Å². The average Bonchev–Trinajstić information content (AvgIpc) is 3.53. The number of benzene rings is 4. The first-order valence-corrected chi connectivity index (χ1v) is 16.6. The highest BCUT2D eigenvalue weighted by molar-refractivity contribution is 5.78. The Balaban J connectivity index is 1.14. The van der Waals surface area contributed by atoms with Crippen LogP contribution in [0.25, 0.3) is 16.8 Å². The number of ether oxygens (including phenoxy) is 3. The smallest absolute Gasteiger partial charge is 0.407 e. The zero-order chi connectivity index (χ0) is 34.3. The number of aryl methyl sites for hydroxylation is 1. The minimum atomic E-state index is -0.765. The van der Waals surface area contributed by atoms with Crippen molar-refractivity contribution in [2.45, 2.75) is 51.9 Å². The fraction of sp³-hybridized carbons (Fsp3) is 0.244. The van der Waals surface area contributed by atoms with E-state index in [-0.39, 0.29) is 0 Å². The minimum absolute atomic E-state index is 0.371. The van der Waals surface area contributed by atoms with E-state index in [4.69, 9.17) is 14.2 Å². The van der Waals surface area contributed by atoms with Crippen molar-refractivity contribution in [2.75, 3.05) is 13.2 Å². The second-order valence-corrected chi connectivity index (χ2v) is 12.9. The molecule has 6 aromatic rings. The molecule has 6 rings (SSSR count). The maximum absolute atomic E-state index is 12.1. The molecule has 8 nitrogen and oxygen atoms in total. The number of hydrogen-bond donors (Lipinski definition) is 1. The zero-order valence-corrected chi connectivity index (χ0v) is 28.4. The third-order valence-electron chi connectivity index (χ3n) is 8.24. The van der Waals surface area contributed by atoms with Crippen LogP contribution in [0.5, 0.6) is 5.75 Å². The highest BCUT2D eigenvalue weighted by Crippen LogP contribution is 2.40. The maximum Gasteiger partial charge on any atom is 0.407 e. The van der Waals surface area contributed by atoms with Gasteiger partial charge in [0.2, 0.25) is 0 Å². The van der Waals surface area contributed by atoms with E-state index < -0.39 is 17.3 Å². The Morgan fingerprint density at radius 2 is 1.41 bits per heavy atom. The largest absolute Gasteiger partial charge is 0.492 e. The molecule has 2 aromatic heterocycles. The summed E-state index contributed by atoms with van der Waals surface area (Å²) in [6.45, 7) is 8.86. The summed E-state index contributed by atoms with van der Waals surface area (Å²) in [6, 6.07) is 39.2. The normalized spacial score (nSPS) is 11.8. The number of nitrogens with zero attached hydrogens (tertiary/aromatic N) is 3. The molecule has 0 aliphatic heterocycles. The number of carbonyl (C=O) groups excluding carboxylic acids is 1. The lowest BCUT2D eigenvalue weighted by atomic mass is 9.80. The molecular formula is C41H42N4O4. The molecule has 0 saturated carbocycles. The summed E-state index contributed by atoms with van der Waals surface area (Å²) in [6.07, 6.45) is 3.65. The number of carbonyl (C=O) groups is 1. The monoisotopic (exact) mass is 654 g/mol. The third-order valence-corrected chi connectivity index (χ3v) is 8.24. The van der Waals surface area contributed by atoms with Crippen molar-refractivity contribution >= 4 is 11.6 Å². The highest BCUT2D eigenvalue weighted by Gasteiger charge is 2.37. The van der Waals surface area contributed by atoms with Gasteiger partial charge in [0.05, 0.1) is 30.6 Å². The summed E-state index contributed by atoms with van der Waals surface area (Å²) in [7, 11) is 0. The molecule has 1 N–H and O–H groups in total. The standard InChI is InChI=1S/C41H42N4O4/c1-30-25-31(21-22-32(30)27-42-39(46)49-40(2,3)4)38-37-26-36(28-45(37)44-29-43-38)47-23-14-24-48-41(33-15-8-5-9-16-33,34-17-10-6-11-18-34)35-19-12-7-13-20-35/h5-13,15-22,25-26,28-29H,14,23-24,27H2,1-4H3,(H,42,46). The van der Waals surface area contributed by atoms with E-state index in [1.807, 2.05) is 70.3 Å². The Labute approximate surface area is 287 Å². The number of rotatable bonds is 12. The van der Waals surface area contributed by atoms with Crippen LogP contribution in [0.15, 0.2) is 128 Å². The molecule has 49 heavy (non-hydrogen) atoms. The van der Waals surface area contributed by atoms with Gasteiger partial charge in [0.15, 0.2) is 0 Å². The molecule has 0 unspecified atom stereocenters. The summed E-state index contributed by atoms with van der Waals surface area (Å²) >= 11 is 0. The van der Waals surface area contributed by atoms with E-state index in [0.717, 1.165) is 44.6 Å². The lowest BCUT2D eigenvalue weighted by molar-refractivity contribution is 0.00713. The van der Waals surface area contributed by atoms with E-state index in [2.05, 4.69) is 94.3 Å². The SMILES string of the molecule is Cc1cc(-c2ncnn3cc(OCCCOC(c4ccccc4)(c4ccccc4)c4ccccc4)cc23)ccc1CNC(=O)OC(C)(C)C. The van der Waals surface area contributed by atoms with Crippen LogP contribution in [0.3, 0.4) is 0 Å². The molecule has 0 bridgehead atoms. The molecule has 250 valence electrons. The van der Waals surface area contributed by atoms with Gasteiger partial charge in [-0.2, -0.15) is 5.10 Å². The van der Waals surface area contributed by atoms with Crippen molar-refractivity contribution in [1.82, 2.24) is 19.9 Å². The summed E-state index contributed by atoms with van der Waals surface area (Å²) in [5.41, 5.74) is 6.51. The molecule has 2 heterocycles. The summed E-state index contributed by atoms with van der Waals surface area (Å²) in [5, 5.41) is 7.26. The Bertz CT molecular complexity index is 1890. The van der Waals surface area contributed by atoms with Crippen LogP contribution in [0.2, 0.25) is 0 Å². The van der Waals surface area contributed by atoms with Crippen molar-refractivity contribution in [3.05, 3.63) is 156 Å². The van der Waals surface area contributed by atoms with Crippen molar-refractivity contribution < 1.29 is 19.0 Å². The first-order chi connectivity index (χ1) is 23.7. The third kappa shape index (κ3) is 7.82. The Morgan fingerprint density at radius 3 is 1.98 bits per heavy atom. The van der Waals surface area contributed by atoms with Crippen molar-refractivity contribution in [3.8, 4) is 17.0 Å². The van der Waals surface area contributed by atoms with Crippen LogP contribution in [-0.2, 0) is 21.6 Å². The molecule has 4 aromatic carbocycles. The van der Waals surface area contributed by atoms with Crippen LogP contribution in [0.1, 0.15) is 55.0 Å². The number of nitrogens with one attached hydrogen (secondary N) is 1. The second kappa shape index (κ2) is 14.7. The first kappa shape index (κ1) is 33.4. The van der Waals surface area contributed by atoms with Gasteiger partial charge in [-0.05, 0) is 61.6 Å². The zero-order valence-electron chi connectivity index (χ0n) is 28.4. The molecule has 0 atom stereocenters. The molecule has 8 heteroatoms. The molecular weight excluding hydrogens is 612 g/mol. The van der Waals surface area contributed by atoms with Crippen LogP contribution in [-0.4, -0.2) is 39.5 Å². The fourth-order valence-corrected chi connectivity index (χ4v) is 5.97. The van der Waals surface area contributed by atoms with Gasteiger partial charge in [-0.1, -0.05) is 103 Å². The van der Waals surface area contributed by atoms with E-state index in [9.17, 15) is 4.79 Å². The van der Waals surface area contributed by atoms with Gasteiger partial charge in [-0.3, -0.25) is 0 Å². The maximum atomic E-state index is 12.1. The topological polar surface area (TPSA) is 87.0 Å². The molecule has 0 fully saturated rings. The highest BCUT2D eigenvalue weighted by atomic mass is 16.6.